The molecule has 2 rings (SSSR count). The fourth-order valence-electron chi connectivity index (χ4n) is 2.97. The summed E-state index contributed by atoms with van der Waals surface area (Å²) in [6, 6.07) is 9.64. The Bertz CT molecular complexity index is 1060. The molecule has 0 fully saturated rings. The minimum absolute atomic E-state index is 0.0690. The molecular formula is C23H28IN3O6. The molecule has 1 aromatic carbocycles. The van der Waals surface area contributed by atoms with Crippen LogP contribution in [0, 0.1) is 3.57 Å². The van der Waals surface area contributed by atoms with Crippen LogP contribution >= 0.6 is 22.6 Å². The second kappa shape index (κ2) is 11.8. The van der Waals surface area contributed by atoms with Crippen LogP contribution in [0.15, 0.2) is 41.2 Å². The van der Waals surface area contributed by atoms with Crippen LogP contribution in [0.1, 0.15) is 55.2 Å². The molecule has 0 saturated heterocycles. The van der Waals surface area contributed by atoms with Crippen molar-refractivity contribution in [3.63, 3.8) is 0 Å². The molecule has 2 amide bonds. The van der Waals surface area contributed by atoms with E-state index in [9.17, 15) is 24.3 Å². The van der Waals surface area contributed by atoms with Gasteiger partial charge in [0.25, 0.3) is 11.5 Å². The molecule has 0 radical (unpaired) electrons. The van der Waals surface area contributed by atoms with E-state index in [1.807, 2.05) is 24.3 Å². The zero-order valence-electron chi connectivity index (χ0n) is 18.7. The standard InChI is InChI=1S/C23H28IN3O6/c1-23(2,3)33-22(32)25-11-5-8-18(21(30)31)27-20(29)17-10-9-16(26-19(17)28)13-14-6-4-7-15(24)12-14/h4,6-7,9-10,12,18H,5,8,11,13H2,1-3H3,(H,25,32)(H,26,28)(H,27,29)(H,30,31)/t18-/m0/s1. The van der Waals surface area contributed by atoms with E-state index < -0.39 is 35.2 Å². The lowest BCUT2D eigenvalue weighted by Crippen LogP contribution is -2.43. The molecule has 1 atom stereocenters. The maximum atomic E-state index is 12.5. The summed E-state index contributed by atoms with van der Waals surface area (Å²) in [5.41, 5.74) is 0.261. The third-order valence-electron chi connectivity index (χ3n) is 4.44. The van der Waals surface area contributed by atoms with Crippen molar-refractivity contribution in [1.29, 1.82) is 0 Å². The first kappa shape index (κ1) is 26.4. The Hall–Kier alpha value is -2.89. The molecule has 2 aromatic rings. The van der Waals surface area contributed by atoms with Crippen LogP contribution in [0.2, 0.25) is 0 Å². The molecule has 0 spiro atoms. The quantitative estimate of drug-likeness (QED) is 0.271. The van der Waals surface area contributed by atoms with E-state index in [-0.39, 0.29) is 18.5 Å². The summed E-state index contributed by atoms with van der Waals surface area (Å²) in [6.07, 6.45) is 0.257. The summed E-state index contributed by atoms with van der Waals surface area (Å²) in [4.78, 5) is 50.8. The van der Waals surface area contributed by atoms with E-state index in [1.54, 1.807) is 26.8 Å². The lowest BCUT2D eigenvalue weighted by molar-refractivity contribution is -0.139. The Morgan fingerprint density at radius 1 is 1.18 bits per heavy atom. The van der Waals surface area contributed by atoms with E-state index in [2.05, 4.69) is 38.2 Å². The molecule has 9 nitrogen and oxygen atoms in total. The average Bonchev–Trinajstić information content (AvgIpc) is 2.68. The molecule has 0 aliphatic rings. The molecule has 0 aliphatic carbocycles. The van der Waals surface area contributed by atoms with Crippen molar-refractivity contribution in [3.05, 3.63) is 67.1 Å². The number of amides is 2. The van der Waals surface area contributed by atoms with E-state index in [4.69, 9.17) is 4.74 Å². The molecule has 0 saturated carbocycles. The van der Waals surface area contributed by atoms with Gasteiger partial charge in [-0.25, -0.2) is 9.59 Å². The lowest BCUT2D eigenvalue weighted by Gasteiger charge is -2.20. The summed E-state index contributed by atoms with van der Waals surface area (Å²) in [6.45, 7) is 5.39. The number of H-pyrrole nitrogens is 1. The monoisotopic (exact) mass is 569 g/mol. The summed E-state index contributed by atoms with van der Waals surface area (Å²) >= 11 is 2.21. The van der Waals surface area contributed by atoms with Crippen molar-refractivity contribution < 1.29 is 24.2 Å². The number of aliphatic carboxylic acids is 1. The minimum atomic E-state index is -1.23. The predicted octanol–water partition coefficient (Wildman–Crippen LogP) is 3.06. The van der Waals surface area contributed by atoms with Crippen molar-refractivity contribution in [2.45, 2.75) is 51.7 Å². The van der Waals surface area contributed by atoms with Gasteiger partial charge in [0.2, 0.25) is 0 Å². The van der Waals surface area contributed by atoms with E-state index >= 15 is 0 Å². The molecule has 33 heavy (non-hydrogen) atoms. The summed E-state index contributed by atoms with van der Waals surface area (Å²) in [7, 11) is 0. The number of carbonyl (C=O) groups is 3. The second-order valence-electron chi connectivity index (χ2n) is 8.47. The third kappa shape index (κ3) is 9.24. The molecule has 178 valence electrons. The Labute approximate surface area is 205 Å². The number of pyridine rings is 1. The number of aromatic amines is 1. The highest BCUT2D eigenvalue weighted by Gasteiger charge is 2.22. The third-order valence-corrected chi connectivity index (χ3v) is 5.11. The second-order valence-corrected chi connectivity index (χ2v) is 9.71. The highest BCUT2D eigenvalue weighted by molar-refractivity contribution is 14.1. The number of hydrogen-bond donors (Lipinski definition) is 4. The van der Waals surface area contributed by atoms with Gasteiger partial charge in [-0.1, -0.05) is 12.1 Å². The summed E-state index contributed by atoms with van der Waals surface area (Å²) < 4.78 is 6.18. The van der Waals surface area contributed by atoms with E-state index in [0.29, 0.717) is 18.5 Å². The fourth-order valence-corrected chi connectivity index (χ4v) is 3.57. The van der Waals surface area contributed by atoms with Crippen molar-refractivity contribution in [3.8, 4) is 0 Å². The zero-order valence-corrected chi connectivity index (χ0v) is 20.9. The van der Waals surface area contributed by atoms with Gasteiger partial charge < -0.3 is 25.5 Å². The van der Waals surface area contributed by atoms with Crippen molar-refractivity contribution in [2.75, 3.05) is 6.54 Å². The van der Waals surface area contributed by atoms with Gasteiger partial charge in [0.05, 0.1) is 0 Å². The minimum Gasteiger partial charge on any atom is -0.480 e. The van der Waals surface area contributed by atoms with Gasteiger partial charge in [-0.15, -0.1) is 0 Å². The molecule has 4 N–H and O–H groups in total. The number of carbonyl (C=O) groups excluding carboxylic acids is 2. The number of nitrogens with one attached hydrogen (secondary N) is 3. The van der Waals surface area contributed by atoms with Crippen LogP contribution in [0.3, 0.4) is 0 Å². The Morgan fingerprint density at radius 2 is 1.91 bits per heavy atom. The predicted molar refractivity (Wildman–Crippen MR) is 131 cm³/mol. The van der Waals surface area contributed by atoms with Crippen LogP contribution in [-0.4, -0.2) is 46.2 Å². The first-order chi connectivity index (χ1) is 15.4. The van der Waals surface area contributed by atoms with Gasteiger partial charge >= 0.3 is 12.1 Å². The number of rotatable bonds is 9. The smallest absolute Gasteiger partial charge is 0.407 e. The van der Waals surface area contributed by atoms with Crippen LogP contribution in [-0.2, 0) is 16.0 Å². The summed E-state index contributed by atoms with van der Waals surface area (Å²) in [5, 5.41) is 14.3. The van der Waals surface area contributed by atoms with Gasteiger partial charge in [-0.3, -0.25) is 9.59 Å². The van der Waals surface area contributed by atoms with Crippen LogP contribution in [0.4, 0.5) is 4.79 Å². The van der Waals surface area contributed by atoms with Crippen molar-refractivity contribution in [2.24, 2.45) is 0 Å². The van der Waals surface area contributed by atoms with Gasteiger partial charge in [0.1, 0.15) is 17.2 Å². The van der Waals surface area contributed by atoms with E-state index in [1.165, 1.54) is 6.07 Å². The van der Waals surface area contributed by atoms with Crippen molar-refractivity contribution in [1.82, 2.24) is 15.6 Å². The lowest BCUT2D eigenvalue weighted by atomic mass is 10.1. The average molecular weight is 569 g/mol. The Balaban J connectivity index is 1.93. The van der Waals surface area contributed by atoms with Crippen molar-refractivity contribution >= 4 is 40.6 Å². The topological polar surface area (TPSA) is 138 Å². The van der Waals surface area contributed by atoms with Gasteiger partial charge in [-0.05, 0) is 86.0 Å². The zero-order chi connectivity index (χ0) is 24.6. The van der Waals surface area contributed by atoms with Gasteiger partial charge in [0.15, 0.2) is 0 Å². The van der Waals surface area contributed by atoms with Crippen LogP contribution in [0.5, 0.6) is 0 Å². The maximum absolute atomic E-state index is 12.5. The Morgan fingerprint density at radius 3 is 2.52 bits per heavy atom. The molecular weight excluding hydrogens is 541 g/mol. The van der Waals surface area contributed by atoms with Crippen LogP contribution < -0.4 is 16.2 Å². The first-order valence-corrected chi connectivity index (χ1v) is 11.5. The van der Waals surface area contributed by atoms with Crippen LogP contribution in [0.25, 0.3) is 0 Å². The Kier molecular flexibility index (Phi) is 9.44. The highest BCUT2D eigenvalue weighted by Crippen LogP contribution is 2.11. The molecule has 0 aliphatic heterocycles. The highest BCUT2D eigenvalue weighted by atomic mass is 127. The number of hydrogen-bond acceptors (Lipinski definition) is 5. The SMILES string of the molecule is CC(C)(C)OC(=O)NCCC[C@H](NC(=O)c1ccc(Cc2cccc(I)c2)[nH]c1=O)C(=O)O. The number of ether oxygens (including phenoxy) is 1. The number of alkyl carbamates (subject to hydrolysis) is 1. The molecule has 1 heterocycles. The number of benzene rings is 1. The molecule has 0 unspecified atom stereocenters. The largest absolute Gasteiger partial charge is 0.480 e. The number of halogens is 1. The number of carboxylic acids is 1. The van der Waals surface area contributed by atoms with Gasteiger partial charge in [-0.2, -0.15) is 0 Å². The summed E-state index contributed by atoms with van der Waals surface area (Å²) in [5.74, 6) is -2.00. The maximum Gasteiger partial charge on any atom is 0.407 e. The molecule has 10 heteroatoms. The van der Waals surface area contributed by atoms with E-state index in [0.717, 1.165) is 9.13 Å². The molecule has 1 aromatic heterocycles. The fraction of sp³-hybridized carbons (Fsp3) is 0.391. The number of aromatic nitrogens is 1. The normalized spacial score (nSPS) is 12.0. The molecule has 0 bridgehead atoms. The van der Waals surface area contributed by atoms with Gasteiger partial charge in [0, 0.05) is 22.2 Å². The first-order valence-electron chi connectivity index (χ1n) is 10.4. The number of carboxylic acid groups (broad SMARTS) is 1.